The summed E-state index contributed by atoms with van der Waals surface area (Å²) in [6, 6.07) is 6.69. The maximum absolute atomic E-state index is 13.2. The van der Waals surface area contributed by atoms with Crippen molar-refractivity contribution in [3.05, 3.63) is 47.0 Å². The Labute approximate surface area is 233 Å². The number of fused-ring (bicyclic) bond motifs is 1. The third-order valence-electron chi connectivity index (χ3n) is 7.70. The second kappa shape index (κ2) is 11.3. The van der Waals surface area contributed by atoms with Crippen LogP contribution in [0, 0.1) is 0 Å². The number of ketones is 1. The maximum atomic E-state index is 13.2. The first-order valence-electron chi connectivity index (χ1n) is 13.0. The first-order chi connectivity index (χ1) is 19.4. The van der Waals surface area contributed by atoms with Crippen molar-refractivity contribution < 1.29 is 69.7 Å². The Morgan fingerprint density at radius 2 is 1.56 bits per heavy atom. The molecule has 0 spiro atoms. The Morgan fingerprint density at radius 1 is 0.878 bits per heavy atom. The van der Waals surface area contributed by atoms with Crippen LogP contribution < -0.4 is 4.74 Å². The molecule has 0 saturated carbocycles. The normalized spacial score (nSPS) is 37.3. The van der Waals surface area contributed by atoms with Gasteiger partial charge in [0.2, 0.25) is 0 Å². The zero-order chi connectivity index (χ0) is 29.7. The molecule has 2 aromatic rings. The predicted molar refractivity (Wildman–Crippen MR) is 134 cm³/mol. The van der Waals surface area contributed by atoms with E-state index >= 15 is 0 Å². The summed E-state index contributed by atoms with van der Waals surface area (Å²) < 4.78 is 23.2. The van der Waals surface area contributed by atoms with Crippen molar-refractivity contribution >= 4 is 5.78 Å². The minimum absolute atomic E-state index is 0.0236. The van der Waals surface area contributed by atoms with E-state index in [1.807, 2.05) is 0 Å². The van der Waals surface area contributed by atoms with E-state index in [4.69, 9.17) is 18.9 Å². The van der Waals surface area contributed by atoms with Crippen LogP contribution >= 0.6 is 0 Å². The van der Waals surface area contributed by atoms with E-state index in [1.165, 1.54) is 31.2 Å². The second-order valence-electron chi connectivity index (χ2n) is 10.4. The Morgan fingerprint density at radius 3 is 2.22 bits per heavy atom. The Balaban J connectivity index is 1.58. The molecule has 0 radical (unpaired) electrons. The number of aliphatic hydroxyl groups is 6. The number of ether oxygens (including phenoxy) is 4. The summed E-state index contributed by atoms with van der Waals surface area (Å²) in [7, 11) is 0. The molecule has 9 N–H and O–H groups in total. The fourth-order valence-electron chi connectivity index (χ4n) is 5.40. The molecule has 14 nitrogen and oxygen atoms in total. The van der Waals surface area contributed by atoms with Gasteiger partial charge in [-0.3, -0.25) is 4.79 Å². The van der Waals surface area contributed by atoms with E-state index in [2.05, 4.69) is 0 Å². The van der Waals surface area contributed by atoms with Crippen LogP contribution in [0.15, 0.2) is 30.3 Å². The summed E-state index contributed by atoms with van der Waals surface area (Å²) in [5.74, 6) is -2.14. The number of Topliss-reactive ketones (excluding diaryl/α,β-unsaturated/α-hetero) is 1. The van der Waals surface area contributed by atoms with Crippen molar-refractivity contribution in [3.63, 3.8) is 0 Å². The molecule has 2 saturated heterocycles. The molecule has 224 valence electrons. The average Bonchev–Trinajstić information content (AvgIpc) is 2.93. The summed E-state index contributed by atoms with van der Waals surface area (Å²) in [5, 5.41) is 93.5. The van der Waals surface area contributed by atoms with E-state index in [-0.39, 0.29) is 29.0 Å². The Bertz CT molecular complexity index is 1270. The molecule has 0 unspecified atom stereocenters. The number of carbonyl (C=O) groups is 1. The minimum Gasteiger partial charge on any atom is -0.508 e. The molecule has 2 aromatic carbocycles. The maximum Gasteiger partial charge on any atom is 0.187 e. The number of hydrogen-bond acceptors (Lipinski definition) is 14. The number of aromatic hydroxyl groups is 3. The standard InChI is InChI=1S/C27H32O14/c1-9-19(33)21(35)23(37)27(38-9)41-26-22(36)20(34)16(8-28)40-25(26)18-13(31)6-12(30)17-14(32)7-15(39-24(17)18)10-2-4-11(29)5-3-10/h2-6,9,15-16,19-23,25-31,33-37H,7-8H2,1H3/t9-,15-,16+,19-,20+,21+,22-,23+,25-,26+,27-/m0/s1. The third-order valence-corrected chi connectivity index (χ3v) is 7.70. The second-order valence-corrected chi connectivity index (χ2v) is 10.4. The molecule has 0 aromatic heterocycles. The lowest BCUT2D eigenvalue weighted by Gasteiger charge is -2.46. The SMILES string of the molecule is C[C@@H]1O[C@@H](O[C@@H]2[C@@H](O)[C@H](O)[C@@H](CO)O[C@H]2c2c(O)cc(O)c3c2O[C@H](c2ccc(O)cc2)CC3=O)[C@H](O)[C@H](O)[C@H]1O. The van der Waals surface area contributed by atoms with Gasteiger partial charge in [0.1, 0.15) is 83.5 Å². The van der Waals surface area contributed by atoms with Gasteiger partial charge in [-0.25, -0.2) is 0 Å². The molecule has 0 aliphatic carbocycles. The van der Waals surface area contributed by atoms with Crippen molar-refractivity contribution in [2.45, 2.75) is 80.7 Å². The zero-order valence-corrected chi connectivity index (χ0v) is 21.7. The molecule has 3 aliphatic heterocycles. The van der Waals surface area contributed by atoms with Crippen molar-refractivity contribution in [1.82, 2.24) is 0 Å². The predicted octanol–water partition coefficient (Wildman–Crippen LogP) is -1.12. The molecule has 0 bridgehead atoms. The third kappa shape index (κ3) is 5.22. The van der Waals surface area contributed by atoms with Gasteiger partial charge in [0.25, 0.3) is 0 Å². The monoisotopic (exact) mass is 580 g/mol. The summed E-state index contributed by atoms with van der Waals surface area (Å²) in [5.41, 5.74) is -0.0858. The summed E-state index contributed by atoms with van der Waals surface area (Å²) >= 11 is 0. The molecule has 3 aliphatic rings. The molecule has 41 heavy (non-hydrogen) atoms. The molecule has 14 heteroatoms. The van der Waals surface area contributed by atoms with Crippen LogP contribution in [0.2, 0.25) is 0 Å². The highest BCUT2D eigenvalue weighted by Gasteiger charge is 2.52. The quantitative estimate of drug-likeness (QED) is 0.204. The van der Waals surface area contributed by atoms with Gasteiger partial charge in [-0.15, -0.1) is 0 Å². The number of benzene rings is 2. The number of rotatable bonds is 5. The van der Waals surface area contributed by atoms with Crippen LogP contribution in [0.5, 0.6) is 23.0 Å². The van der Waals surface area contributed by atoms with Gasteiger partial charge in [-0.1, -0.05) is 12.1 Å². The van der Waals surface area contributed by atoms with E-state index in [0.717, 1.165) is 6.07 Å². The molecular weight excluding hydrogens is 548 g/mol. The van der Waals surface area contributed by atoms with Gasteiger partial charge < -0.3 is 64.9 Å². The molecule has 0 amide bonds. The van der Waals surface area contributed by atoms with Gasteiger partial charge in [-0.2, -0.15) is 0 Å². The molecular formula is C27H32O14. The lowest BCUT2D eigenvalue weighted by molar-refractivity contribution is -0.338. The first kappa shape index (κ1) is 29.4. The topological polar surface area (TPSA) is 236 Å². The number of aliphatic hydroxyl groups excluding tert-OH is 6. The van der Waals surface area contributed by atoms with Gasteiger partial charge in [0, 0.05) is 6.07 Å². The minimum atomic E-state index is -1.84. The van der Waals surface area contributed by atoms with Crippen LogP contribution in [-0.4, -0.2) is 113 Å². The van der Waals surface area contributed by atoms with Crippen LogP contribution in [0.4, 0.5) is 0 Å². The fourth-order valence-corrected chi connectivity index (χ4v) is 5.40. The lowest BCUT2D eigenvalue weighted by Crippen LogP contribution is -2.61. The number of phenols is 3. The molecule has 5 rings (SSSR count). The van der Waals surface area contributed by atoms with Crippen molar-refractivity contribution in [2.24, 2.45) is 0 Å². The summed E-state index contributed by atoms with van der Waals surface area (Å²) in [4.78, 5) is 13.2. The van der Waals surface area contributed by atoms with E-state index in [1.54, 1.807) is 0 Å². The number of carbonyl (C=O) groups excluding carboxylic acids is 1. The van der Waals surface area contributed by atoms with Crippen molar-refractivity contribution in [2.75, 3.05) is 6.61 Å². The van der Waals surface area contributed by atoms with Crippen molar-refractivity contribution in [1.29, 1.82) is 0 Å². The lowest BCUT2D eigenvalue weighted by atomic mass is 9.86. The molecule has 3 heterocycles. The first-order valence-corrected chi connectivity index (χ1v) is 13.0. The van der Waals surface area contributed by atoms with Crippen LogP contribution in [-0.2, 0) is 14.2 Å². The highest BCUT2D eigenvalue weighted by atomic mass is 16.7. The van der Waals surface area contributed by atoms with Crippen molar-refractivity contribution in [3.8, 4) is 23.0 Å². The largest absolute Gasteiger partial charge is 0.508 e. The zero-order valence-electron chi connectivity index (χ0n) is 21.7. The van der Waals surface area contributed by atoms with Gasteiger partial charge >= 0.3 is 0 Å². The van der Waals surface area contributed by atoms with E-state index < -0.39 is 91.2 Å². The summed E-state index contributed by atoms with van der Waals surface area (Å²) in [6.07, 6.45) is -17.0. The van der Waals surface area contributed by atoms with Gasteiger partial charge in [0.05, 0.1) is 24.7 Å². The highest BCUT2D eigenvalue weighted by Crippen LogP contribution is 2.51. The van der Waals surface area contributed by atoms with Gasteiger partial charge in [-0.05, 0) is 24.6 Å². The van der Waals surface area contributed by atoms with E-state index in [9.17, 15) is 50.8 Å². The van der Waals surface area contributed by atoms with E-state index in [0.29, 0.717) is 5.56 Å². The molecule has 2 fully saturated rings. The van der Waals surface area contributed by atoms with Gasteiger partial charge in [0.15, 0.2) is 12.1 Å². The smallest absolute Gasteiger partial charge is 0.187 e. The average molecular weight is 581 g/mol. The number of phenolic OH excluding ortho intramolecular Hbond substituents is 3. The van der Waals surface area contributed by atoms with Crippen LogP contribution in [0.25, 0.3) is 0 Å². The van der Waals surface area contributed by atoms with Crippen LogP contribution in [0.1, 0.15) is 47.0 Å². The Hall–Kier alpha value is -3.05. The van der Waals surface area contributed by atoms with Crippen LogP contribution in [0.3, 0.4) is 0 Å². The molecule has 11 atom stereocenters. The fraction of sp³-hybridized carbons (Fsp3) is 0.519. The Kier molecular flexibility index (Phi) is 8.13. The highest BCUT2D eigenvalue weighted by molar-refractivity contribution is 6.03. The summed E-state index contributed by atoms with van der Waals surface area (Å²) in [6.45, 7) is 0.631. The number of hydrogen-bond donors (Lipinski definition) is 9.